The fourth-order valence-electron chi connectivity index (χ4n) is 1.50. The molecule has 1 unspecified atom stereocenters. The van der Waals surface area contributed by atoms with Crippen molar-refractivity contribution in [2.24, 2.45) is 0 Å². The van der Waals surface area contributed by atoms with Crippen LogP contribution in [0.15, 0.2) is 29.6 Å². The molecule has 0 N–H and O–H groups in total. The van der Waals surface area contributed by atoms with Crippen LogP contribution in [0.4, 0.5) is 4.39 Å². The molecule has 1 heterocycles. The predicted octanol–water partition coefficient (Wildman–Crippen LogP) is 4.11. The van der Waals surface area contributed by atoms with E-state index >= 15 is 0 Å². The third-order valence-electron chi connectivity index (χ3n) is 2.26. The minimum absolute atomic E-state index is 0.188. The van der Waals surface area contributed by atoms with E-state index in [0.29, 0.717) is 6.42 Å². The largest absolute Gasteiger partial charge is 0.245 e. The first-order valence-corrected chi connectivity index (χ1v) is 6.27. The summed E-state index contributed by atoms with van der Waals surface area (Å²) in [5.74, 6) is -0.226. The molecule has 0 aliphatic heterocycles. The van der Waals surface area contributed by atoms with Gasteiger partial charge in [0, 0.05) is 5.38 Å². The minimum Gasteiger partial charge on any atom is -0.245 e. The molecule has 2 aromatic rings. The van der Waals surface area contributed by atoms with E-state index in [9.17, 15) is 4.39 Å². The Kier molecular flexibility index (Phi) is 3.56. The molecule has 2 rings (SSSR count). The van der Waals surface area contributed by atoms with Crippen LogP contribution in [0.2, 0.25) is 0 Å². The van der Waals surface area contributed by atoms with Crippen LogP contribution in [-0.2, 0) is 6.42 Å². The van der Waals surface area contributed by atoms with Crippen molar-refractivity contribution >= 4 is 22.9 Å². The van der Waals surface area contributed by atoms with Gasteiger partial charge in [-0.3, -0.25) is 0 Å². The zero-order valence-electron chi connectivity index (χ0n) is 8.78. The molecule has 0 amide bonds. The second-order valence-electron chi connectivity index (χ2n) is 3.59. The molecule has 0 aliphatic carbocycles. The van der Waals surface area contributed by atoms with Crippen LogP contribution in [0, 0.1) is 12.7 Å². The maximum Gasteiger partial charge on any atom is 0.123 e. The van der Waals surface area contributed by atoms with Gasteiger partial charge in [-0.1, -0.05) is 12.1 Å². The first-order chi connectivity index (χ1) is 7.65. The van der Waals surface area contributed by atoms with Gasteiger partial charge < -0.3 is 0 Å². The molecule has 0 fully saturated rings. The summed E-state index contributed by atoms with van der Waals surface area (Å²) in [4.78, 5) is 4.32. The Morgan fingerprint density at radius 2 is 2.31 bits per heavy atom. The van der Waals surface area contributed by atoms with Crippen molar-refractivity contribution in [3.63, 3.8) is 0 Å². The number of halogens is 2. The summed E-state index contributed by atoms with van der Waals surface area (Å²) in [7, 11) is 0. The average molecular weight is 256 g/mol. The van der Waals surface area contributed by atoms with Gasteiger partial charge in [0.2, 0.25) is 0 Å². The molecule has 0 radical (unpaired) electrons. The van der Waals surface area contributed by atoms with Crippen LogP contribution in [0.25, 0.3) is 0 Å². The first-order valence-electron chi connectivity index (χ1n) is 4.95. The molecule has 0 bridgehead atoms. The van der Waals surface area contributed by atoms with Crippen molar-refractivity contribution in [2.75, 3.05) is 0 Å². The van der Waals surface area contributed by atoms with E-state index in [4.69, 9.17) is 11.6 Å². The zero-order chi connectivity index (χ0) is 11.5. The third-order valence-corrected chi connectivity index (χ3v) is 3.43. The fraction of sp³-hybridized carbons (Fsp3) is 0.250. The summed E-state index contributed by atoms with van der Waals surface area (Å²) >= 11 is 7.80. The van der Waals surface area contributed by atoms with E-state index in [1.807, 2.05) is 18.4 Å². The highest BCUT2D eigenvalue weighted by Gasteiger charge is 2.12. The Hall–Kier alpha value is -0.930. The maximum absolute atomic E-state index is 13.0. The molecule has 4 heteroatoms. The smallest absolute Gasteiger partial charge is 0.123 e. The van der Waals surface area contributed by atoms with Gasteiger partial charge in [0.05, 0.1) is 16.1 Å². The molecule has 0 aliphatic rings. The average Bonchev–Trinajstić information content (AvgIpc) is 2.65. The zero-order valence-corrected chi connectivity index (χ0v) is 10.4. The second kappa shape index (κ2) is 4.93. The standard InChI is InChI=1S/C12H11ClFNS/c1-8-15-12(7-16-8)11(13)6-9-3-2-4-10(14)5-9/h2-5,7,11H,6H2,1H3. The van der Waals surface area contributed by atoms with Gasteiger partial charge in [0.1, 0.15) is 5.82 Å². The van der Waals surface area contributed by atoms with Gasteiger partial charge in [-0.15, -0.1) is 22.9 Å². The minimum atomic E-state index is -0.226. The van der Waals surface area contributed by atoms with E-state index in [1.165, 1.54) is 12.1 Å². The van der Waals surface area contributed by atoms with Crippen molar-refractivity contribution < 1.29 is 4.39 Å². The highest BCUT2D eigenvalue weighted by Crippen LogP contribution is 2.26. The van der Waals surface area contributed by atoms with Gasteiger partial charge >= 0.3 is 0 Å². The number of hydrogen-bond acceptors (Lipinski definition) is 2. The molecule has 1 atom stereocenters. The Bertz CT molecular complexity index is 483. The molecule has 0 saturated heterocycles. The van der Waals surface area contributed by atoms with Crippen LogP contribution in [0.1, 0.15) is 21.6 Å². The lowest BCUT2D eigenvalue weighted by Crippen LogP contribution is -1.96. The van der Waals surface area contributed by atoms with E-state index in [2.05, 4.69) is 4.98 Å². The molecule has 1 aromatic carbocycles. The van der Waals surface area contributed by atoms with Crippen LogP contribution in [0.3, 0.4) is 0 Å². The number of thiazole rings is 1. The maximum atomic E-state index is 13.0. The molecular weight excluding hydrogens is 245 g/mol. The molecule has 0 spiro atoms. The van der Waals surface area contributed by atoms with Gasteiger partial charge in [0.25, 0.3) is 0 Å². The molecular formula is C12H11ClFNS. The number of hydrogen-bond donors (Lipinski definition) is 0. The normalized spacial score (nSPS) is 12.7. The second-order valence-corrected chi connectivity index (χ2v) is 5.18. The van der Waals surface area contributed by atoms with E-state index in [0.717, 1.165) is 16.3 Å². The van der Waals surface area contributed by atoms with Crippen molar-refractivity contribution in [3.05, 3.63) is 51.7 Å². The molecule has 1 nitrogen and oxygen atoms in total. The van der Waals surface area contributed by atoms with Gasteiger partial charge in [-0.05, 0) is 31.0 Å². The van der Waals surface area contributed by atoms with Crippen molar-refractivity contribution in [1.82, 2.24) is 4.98 Å². The number of rotatable bonds is 3. The summed E-state index contributed by atoms with van der Waals surface area (Å²) < 4.78 is 13.0. The third kappa shape index (κ3) is 2.80. The lowest BCUT2D eigenvalue weighted by molar-refractivity contribution is 0.625. The lowest BCUT2D eigenvalue weighted by atomic mass is 10.1. The summed E-state index contributed by atoms with van der Waals surface area (Å²) in [6, 6.07) is 6.51. The van der Waals surface area contributed by atoms with E-state index in [-0.39, 0.29) is 11.2 Å². The number of benzene rings is 1. The van der Waals surface area contributed by atoms with E-state index in [1.54, 1.807) is 17.4 Å². The van der Waals surface area contributed by atoms with Gasteiger partial charge in [0.15, 0.2) is 0 Å². The molecule has 0 saturated carbocycles. The molecule has 16 heavy (non-hydrogen) atoms. The van der Waals surface area contributed by atoms with E-state index < -0.39 is 0 Å². The lowest BCUT2D eigenvalue weighted by Gasteiger charge is -2.06. The predicted molar refractivity (Wildman–Crippen MR) is 65.5 cm³/mol. The quantitative estimate of drug-likeness (QED) is 0.752. The van der Waals surface area contributed by atoms with Crippen LogP contribution < -0.4 is 0 Å². The summed E-state index contributed by atoms with van der Waals surface area (Å²) in [5.41, 5.74) is 1.76. The van der Waals surface area contributed by atoms with Crippen LogP contribution in [-0.4, -0.2) is 4.98 Å². The summed E-state index contributed by atoms with van der Waals surface area (Å²) in [5, 5.41) is 2.76. The summed E-state index contributed by atoms with van der Waals surface area (Å²) in [6.45, 7) is 1.94. The Labute approximate surface area is 103 Å². The fourth-order valence-corrected chi connectivity index (χ4v) is 2.53. The van der Waals surface area contributed by atoms with Crippen LogP contribution in [0.5, 0.6) is 0 Å². The molecule has 1 aromatic heterocycles. The first kappa shape index (κ1) is 11.6. The van der Waals surface area contributed by atoms with Crippen LogP contribution >= 0.6 is 22.9 Å². The topological polar surface area (TPSA) is 12.9 Å². The Morgan fingerprint density at radius 1 is 1.50 bits per heavy atom. The number of nitrogens with zero attached hydrogens (tertiary/aromatic N) is 1. The highest BCUT2D eigenvalue weighted by atomic mass is 35.5. The Balaban J connectivity index is 2.10. The highest BCUT2D eigenvalue weighted by molar-refractivity contribution is 7.09. The van der Waals surface area contributed by atoms with Gasteiger partial charge in [-0.2, -0.15) is 0 Å². The number of alkyl halides is 1. The molecule has 84 valence electrons. The van der Waals surface area contributed by atoms with Crippen molar-refractivity contribution in [1.29, 1.82) is 0 Å². The van der Waals surface area contributed by atoms with Gasteiger partial charge in [-0.25, -0.2) is 9.37 Å². The summed E-state index contributed by atoms with van der Waals surface area (Å²) in [6.07, 6.45) is 0.600. The SMILES string of the molecule is Cc1nc(C(Cl)Cc2cccc(F)c2)cs1. The van der Waals surface area contributed by atoms with Crippen molar-refractivity contribution in [3.8, 4) is 0 Å². The number of aromatic nitrogens is 1. The Morgan fingerprint density at radius 3 is 2.94 bits per heavy atom. The monoisotopic (exact) mass is 255 g/mol. The van der Waals surface area contributed by atoms with Crippen molar-refractivity contribution in [2.45, 2.75) is 18.7 Å². The number of aryl methyl sites for hydroxylation is 1.